The van der Waals surface area contributed by atoms with Gasteiger partial charge in [0.1, 0.15) is 22.2 Å². The fourth-order valence-corrected chi connectivity index (χ4v) is 4.88. The number of aromatic nitrogens is 2. The van der Waals surface area contributed by atoms with Gasteiger partial charge in [0, 0.05) is 28.6 Å². The van der Waals surface area contributed by atoms with Crippen molar-refractivity contribution in [3.8, 4) is 10.4 Å². The maximum atomic E-state index is 12.9. The molecule has 3 aromatic rings. The number of H-pyrrole nitrogens is 1. The topological polar surface area (TPSA) is 101 Å². The highest BCUT2D eigenvalue weighted by Gasteiger charge is 2.40. The fourth-order valence-electron chi connectivity index (χ4n) is 2.48. The Labute approximate surface area is 174 Å². The number of esters is 1. The first-order valence-corrected chi connectivity index (χ1v) is 10.5. The number of fused-ring (bicyclic) bond motifs is 1. The predicted molar refractivity (Wildman–Crippen MR) is 96.6 cm³/mol. The van der Waals surface area contributed by atoms with Gasteiger partial charge in [-0.1, -0.05) is 0 Å². The Kier molecular flexibility index (Phi) is 6.03. The Morgan fingerprint density at radius 2 is 1.87 bits per heavy atom. The number of thiophene rings is 1. The van der Waals surface area contributed by atoms with Crippen molar-refractivity contribution in [3.63, 3.8) is 0 Å². The SMILES string of the molecule is O=C(OCCNS(=O)(=O)c1ccc(-c2ccnc3[nH]c(C(F)(F)F)cc23)s1)C(F)(F)F. The normalized spacial score (nSPS) is 13.0. The average molecular weight is 487 g/mol. The highest BCUT2D eigenvalue weighted by Crippen LogP contribution is 2.37. The lowest BCUT2D eigenvalue weighted by atomic mass is 10.1. The van der Waals surface area contributed by atoms with Crippen LogP contribution in [0.2, 0.25) is 0 Å². The smallest absolute Gasteiger partial charge is 0.458 e. The van der Waals surface area contributed by atoms with Crippen LogP contribution in [0.15, 0.2) is 34.7 Å². The number of hydrogen-bond acceptors (Lipinski definition) is 6. The van der Waals surface area contributed by atoms with Gasteiger partial charge in [-0.15, -0.1) is 11.3 Å². The van der Waals surface area contributed by atoms with Crippen molar-refractivity contribution in [2.45, 2.75) is 16.6 Å². The van der Waals surface area contributed by atoms with Crippen LogP contribution in [-0.2, 0) is 25.7 Å². The van der Waals surface area contributed by atoms with Crippen molar-refractivity contribution in [1.29, 1.82) is 0 Å². The largest absolute Gasteiger partial charge is 0.490 e. The summed E-state index contributed by atoms with van der Waals surface area (Å²) in [4.78, 5) is 16.9. The summed E-state index contributed by atoms with van der Waals surface area (Å²) in [6.07, 6.45) is -8.56. The minimum absolute atomic E-state index is 0.0350. The molecule has 7 nitrogen and oxygen atoms in total. The third-order valence-corrected chi connectivity index (χ3v) is 6.88. The molecular weight excluding hydrogens is 476 g/mol. The standard InChI is InChI=1S/C16H11F6N3O4S2/c17-15(18,19)11-7-9-8(3-4-23-13(9)25-11)10-1-2-12(30-10)31(27,28)24-5-6-29-14(26)16(20,21)22/h1-4,7,24H,5-6H2,(H,23,25). The van der Waals surface area contributed by atoms with Gasteiger partial charge in [-0.25, -0.2) is 22.9 Å². The summed E-state index contributed by atoms with van der Waals surface area (Å²) >= 11 is 0.732. The Morgan fingerprint density at radius 3 is 2.52 bits per heavy atom. The van der Waals surface area contributed by atoms with Gasteiger partial charge in [0.15, 0.2) is 0 Å². The molecule has 0 unspecified atom stereocenters. The zero-order valence-electron chi connectivity index (χ0n) is 15.0. The van der Waals surface area contributed by atoms with Crippen LogP contribution in [0.25, 0.3) is 21.5 Å². The van der Waals surface area contributed by atoms with Crippen LogP contribution in [-0.4, -0.2) is 43.7 Å². The van der Waals surface area contributed by atoms with Crippen molar-refractivity contribution >= 4 is 38.4 Å². The molecule has 3 rings (SSSR count). The van der Waals surface area contributed by atoms with E-state index in [1.807, 2.05) is 4.72 Å². The van der Waals surface area contributed by atoms with E-state index in [2.05, 4.69) is 14.7 Å². The molecule has 0 bridgehead atoms. The number of rotatable bonds is 6. The van der Waals surface area contributed by atoms with Gasteiger partial charge in [0.2, 0.25) is 10.0 Å². The number of nitrogens with zero attached hydrogens (tertiary/aromatic N) is 1. The van der Waals surface area contributed by atoms with Crippen molar-refractivity contribution in [2.24, 2.45) is 0 Å². The van der Waals surface area contributed by atoms with Gasteiger partial charge < -0.3 is 9.72 Å². The maximum absolute atomic E-state index is 12.9. The van der Waals surface area contributed by atoms with Crippen LogP contribution in [0.5, 0.6) is 0 Å². The predicted octanol–water partition coefficient (Wildman–Crippen LogP) is 3.69. The summed E-state index contributed by atoms with van der Waals surface area (Å²) in [6, 6.07) is 4.84. The number of halogens is 6. The van der Waals surface area contributed by atoms with E-state index in [0.717, 1.165) is 17.4 Å². The van der Waals surface area contributed by atoms with Gasteiger partial charge >= 0.3 is 18.3 Å². The van der Waals surface area contributed by atoms with Crippen LogP contribution in [0, 0.1) is 0 Å². The van der Waals surface area contributed by atoms with E-state index >= 15 is 0 Å². The van der Waals surface area contributed by atoms with Crippen LogP contribution in [0.1, 0.15) is 5.69 Å². The highest BCUT2D eigenvalue weighted by atomic mass is 32.2. The van der Waals surface area contributed by atoms with E-state index in [4.69, 9.17) is 0 Å². The first kappa shape index (κ1) is 23.0. The average Bonchev–Trinajstić information content (AvgIpc) is 3.31. The lowest BCUT2D eigenvalue weighted by Gasteiger charge is -2.08. The van der Waals surface area contributed by atoms with Crippen molar-refractivity contribution < 1.29 is 44.3 Å². The molecule has 0 fully saturated rings. The van der Waals surface area contributed by atoms with E-state index in [1.165, 1.54) is 24.4 Å². The molecule has 0 atom stereocenters. The second-order valence-electron chi connectivity index (χ2n) is 5.95. The van der Waals surface area contributed by atoms with Crippen LogP contribution in [0.4, 0.5) is 26.3 Å². The molecule has 0 spiro atoms. The second-order valence-corrected chi connectivity index (χ2v) is 9.03. The molecular formula is C16H11F6N3O4S2. The molecule has 0 amide bonds. The Hall–Kier alpha value is -2.65. The van der Waals surface area contributed by atoms with E-state index in [-0.39, 0.29) is 15.2 Å². The van der Waals surface area contributed by atoms with Crippen molar-refractivity contribution in [1.82, 2.24) is 14.7 Å². The van der Waals surface area contributed by atoms with E-state index in [1.54, 1.807) is 0 Å². The summed E-state index contributed by atoms with van der Waals surface area (Å²) in [5, 5.41) is 0.132. The van der Waals surface area contributed by atoms with Crippen molar-refractivity contribution in [3.05, 3.63) is 36.2 Å². The van der Waals surface area contributed by atoms with Gasteiger partial charge in [-0.2, -0.15) is 26.3 Å². The number of pyridine rings is 1. The van der Waals surface area contributed by atoms with E-state index in [0.29, 0.717) is 10.4 Å². The molecule has 3 aromatic heterocycles. The zero-order chi connectivity index (χ0) is 23.0. The third-order valence-electron chi connectivity index (χ3n) is 3.81. The van der Waals surface area contributed by atoms with Gasteiger partial charge in [-0.3, -0.25) is 0 Å². The minimum atomic E-state index is -5.19. The Morgan fingerprint density at radius 1 is 1.16 bits per heavy atom. The summed E-state index contributed by atoms with van der Waals surface area (Å²) in [7, 11) is -4.16. The summed E-state index contributed by atoms with van der Waals surface area (Å²) < 4.78 is 105. The van der Waals surface area contributed by atoms with Gasteiger partial charge in [-0.05, 0) is 24.3 Å². The molecule has 0 saturated carbocycles. The maximum Gasteiger partial charge on any atom is 0.490 e. The molecule has 168 valence electrons. The number of ether oxygens (including phenoxy) is 1. The zero-order valence-corrected chi connectivity index (χ0v) is 16.6. The Bertz CT molecular complexity index is 1210. The van der Waals surface area contributed by atoms with Gasteiger partial charge in [0.05, 0.1) is 0 Å². The van der Waals surface area contributed by atoms with E-state index < -0.39 is 47.2 Å². The number of alkyl halides is 6. The molecule has 3 heterocycles. The molecule has 0 aliphatic carbocycles. The van der Waals surface area contributed by atoms with Crippen LogP contribution in [0.3, 0.4) is 0 Å². The quantitative estimate of drug-likeness (QED) is 0.314. The molecule has 31 heavy (non-hydrogen) atoms. The minimum Gasteiger partial charge on any atom is -0.458 e. The molecule has 2 N–H and O–H groups in total. The second kappa shape index (κ2) is 8.12. The number of sulfonamides is 1. The summed E-state index contributed by atoms with van der Waals surface area (Å²) in [5.74, 6) is -2.45. The fraction of sp³-hybridized carbons (Fsp3) is 0.250. The Balaban J connectivity index is 1.77. The summed E-state index contributed by atoms with van der Waals surface area (Å²) in [6.45, 7) is -1.45. The van der Waals surface area contributed by atoms with Crippen molar-refractivity contribution in [2.75, 3.05) is 13.2 Å². The molecule has 0 radical (unpaired) electrons. The number of carbonyl (C=O) groups excluding carboxylic acids is 1. The lowest BCUT2D eigenvalue weighted by Crippen LogP contribution is -2.31. The molecule has 0 aliphatic rings. The molecule has 0 aromatic carbocycles. The lowest BCUT2D eigenvalue weighted by molar-refractivity contribution is -0.199. The first-order valence-electron chi connectivity index (χ1n) is 8.18. The molecule has 0 saturated heterocycles. The highest BCUT2D eigenvalue weighted by molar-refractivity contribution is 7.91. The number of aromatic amines is 1. The number of nitrogens with one attached hydrogen (secondary N) is 2. The van der Waals surface area contributed by atoms with Crippen LogP contribution >= 0.6 is 11.3 Å². The number of carbonyl (C=O) groups is 1. The first-order chi connectivity index (χ1) is 14.3. The van der Waals surface area contributed by atoms with E-state index in [9.17, 15) is 39.6 Å². The summed E-state index contributed by atoms with van der Waals surface area (Å²) in [5.41, 5.74) is -0.739. The van der Waals surface area contributed by atoms with Crippen LogP contribution < -0.4 is 4.72 Å². The molecule has 0 aliphatic heterocycles. The third kappa shape index (κ3) is 5.16. The monoisotopic (exact) mass is 487 g/mol. The number of hydrogen-bond donors (Lipinski definition) is 2. The molecule has 15 heteroatoms. The van der Waals surface area contributed by atoms with Gasteiger partial charge in [0.25, 0.3) is 0 Å².